The summed E-state index contributed by atoms with van der Waals surface area (Å²) in [7, 11) is -0.840. The topological polar surface area (TPSA) is 131 Å². The monoisotopic (exact) mass is 580 g/mol. The summed E-state index contributed by atoms with van der Waals surface area (Å²) < 4.78 is 39.5. The minimum absolute atomic E-state index is 0. The third-order valence-electron chi connectivity index (χ3n) is 6.00. The molecule has 0 radical (unpaired) electrons. The van der Waals surface area contributed by atoms with Crippen molar-refractivity contribution in [3.8, 4) is 22.6 Å². The Labute approximate surface area is 252 Å². The Balaban J connectivity index is 0.00000420. The van der Waals surface area contributed by atoms with Gasteiger partial charge in [-0.25, -0.2) is 17.9 Å². The van der Waals surface area contributed by atoms with Gasteiger partial charge in [-0.3, -0.25) is 4.79 Å². The average Bonchev–Trinajstić information content (AvgIpc) is 2.94. The molecule has 0 aromatic heterocycles. The summed E-state index contributed by atoms with van der Waals surface area (Å²) in [4.78, 5) is 24.8. The molecule has 3 rings (SSSR count). The number of hydrogen-bond acceptors (Lipinski definition) is 7. The van der Waals surface area contributed by atoms with Crippen LogP contribution in [-0.2, 0) is 21.2 Å². The SMILES string of the molecule is COc1ccc(CCNS(=O)(=O)c2ccc(C(=O)NC(CCSC)C(=O)O)c(-c3ccccc3)c2)cc1OC.[H-].[Li+]. The van der Waals surface area contributed by atoms with E-state index in [1.165, 1.54) is 37.1 Å². The van der Waals surface area contributed by atoms with Gasteiger partial charge in [-0.2, -0.15) is 11.8 Å². The van der Waals surface area contributed by atoms with Crippen molar-refractivity contribution < 1.29 is 52.9 Å². The van der Waals surface area contributed by atoms with Crippen LogP contribution < -0.4 is 38.4 Å². The van der Waals surface area contributed by atoms with Crippen LogP contribution in [0.15, 0.2) is 71.6 Å². The smallest absolute Gasteiger partial charge is 1.00 e. The molecule has 12 heteroatoms. The summed E-state index contributed by atoms with van der Waals surface area (Å²) in [5.74, 6) is -0.0185. The van der Waals surface area contributed by atoms with Crippen LogP contribution in [0.5, 0.6) is 11.5 Å². The summed E-state index contributed by atoms with van der Waals surface area (Å²) in [6.45, 7) is 0.135. The molecule has 0 saturated heterocycles. The molecule has 0 heterocycles. The second kappa shape index (κ2) is 15.7. The van der Waals surface area contributed by atoms with Crippen molar-refractivity contribution in [1.82, 2.24) is 10.0 Å². The first kappa shape index (κ1) is 33.3. The van der Waals surface area contributed by atoms with Crippen LogP contribution in [0, 0.1) is 0 Å². The fourth-order valence-electron chi connectivity index (χ4n) is 3.92. The summed E-state index contributed by atoms with van der Waals surface area (Å²) in [5.41, 5.74) is 2.05. The fraction of sp³-hybridized carbons (Fsp3) is 0.286. The fourth-order valence-corrected chi connectivity index (χ4v) is 5.45. The van der Waals surface area contributed by atoms with Crippen molar-refractivity contribution in [2.45, 2.75) is 23.8 Å². The zero-order valence-corrected chi connectivity index (χ0v) is 24.6. The third-order valence-corrected chi connectivity index (χ3v) is 8.10. The zero-order chi connectivity index (χ0) is 28.4. The Morgan fingerprint density at radius 1 is 1.00 bits per heavy atom. The molecule has 1 amide bonds. The molecule has 40 heavy (non-hydrogen) atoms. The summed E-state index contributed by atoms with van der Waals surface area (Å²) in [6.07, 6.45) is 2.53. The molecular formula is C28H33LiN2O7S2. The van der Waals surface area contributed by atoms with Crippen LogP contribution in [-0.4, -0.2) is 64.2 Å². The van der Waals surface area contributed by atoms with E-state index in [0.717, 1.165) is 5.56 Å². The number of carbonyl (C=O) groups excluding carboxylic acids is 1. The predicted molar refractivity (Wildman–Crippen MR) is 153 cm³/mol. The van der Waals surface area contributed by atoms with E-state index in [1.54, 1.807) is 43.5 Å². The molecule has 0 aliphatic carbocycles. The number of carbonyl (C=O) groups is 2. The molecule has 1 atom stereocenters. The number of benzene rings is 3. The molecule has 9 nitrogen and oxygen atoms in total. The Morgan fingerprint density at radius 2 is 1.70 bits per heavy atom. The first-order valence-electron chi connectivity index (χ1n) is 12.1. The number of thioether (sulfide) groups is 1. The maximum absolute atomic E-state index is 13.2. The van der Waals surface area contributed by atoms with Crippen LogP contribution in [0.3, 0.4) is 0 Å². The number of rotatable bonds is 14. The predicted octanol–water partition coefficient (Wildman–Crippen LogP) is 0.944. The van der Waals surface area contributed by atoms with E-state index in [1.807, 2.05) is 18.4 Å². The molecule has 210 valence electrons. The quantitative estimate of drug-likeness (QED) is 0.240. The van der Waals surface area contributed by atoms with Gasteiger partial charge in [0.1, 0.15) is 6.04 Å². The molecule has 0 aliphatic rings. The number of nitrogens with one attached hydrogen (secondary N) is 2. The molecule has 1 unspecified atom stereocenters. The van der Waals surface area contributed by atoms with Gasteiger partial charge in [-0.1, -0.05) is 36.4 Å². The minimum Gasteiger partial charge on any atom is -1.00 e. The molecule has 0 fully saturated rings. The van der Waals surface area contributed by atoms with Crippen LogP contribution >= 0.6 is 11.8 Å². The zero-order valence-electron chi connectivity index (χ0n) is 24.0. The van der Waals surface area contributed by atoms with Gasteiger partial charge in [-0.15, -0.1) is 0 Å². The van der Waals surface area contributed by atoms with E-state index in [2.05, 4.69) is 10.0 Å². The van der Waals surface area contributed by atoms with E-state index in [-0.39, 0.29) is 43.7 Å². The van der Waals surface area contributed by atoms with Gasteiger partial charge in [0.2, 0.25) is 10.0 Å². The Morgan fingerprint density at radius 3 is 2.33 bits per heavy atom. The van der Waals surface area contributed by atoms with Gasteiger partial charge < -0.3 is 21.3 Å². The van der Waals surface area contributed by atoms with E-state index in [0.29, 0.717) is 34.8 Å². The molecule has 0 aliphatic heterocycles. The number of carboxylic acids is 1. The van der Waals surface area contributed by atoms with E-state index < -0.39 is 27.9 Å². The first-order valence-corrected chi connectivity index (χ1v) is 15.0. The van der Waals surface area contributed by atoms with Gasteiger partial charge >= 0.3 is 24.8 Å². The van der Waals surface area contributed by atoms with E-state index in [4.69, 9.17) is 9.47 Å². The summed E-state index contributed by atoms with van der Waals surface area (Å²) in [6, 6.07) is 17.4. The van der Waals surface area contributed by atoms with E-state index >= 15 is 0 Å². The Kier molecular flexibility index (Phi) is 13.1. The minimum atomic E-state index is -3.91. The second-order valence-electron chi connectivity index (χ2n) is 8.56. The van der Waals surface area contributed by atoms with Crippen molar-refractivity contribution in [1.29, 1.82) is 0 Å². The van der Waals surface area contributed by atoms with Gasteiger partial charge in [0.05, 0.1) is 19.1 Å². The van der Waals surface area contributed by atoms with Crippen LogP contribution in [0.1, 0.15) is 23.8 Å². The second-order valence-corrected chi connectivity index (χ2v) is 11.3. The van der Waals surface area contributed by atoms with Crippen LogP contribution in [0.25, 0.3) is 11.1 Å². The number of sulfonamides is 1. The van der Waals surface area contributed by atoms with Gasteiger partial charge in [0.25, 0.3) is 5.91 Å². The Hall–Kier alpha value is -2.94. The number of aliphatic carboxylic acids is 1. The van der Waals surface area contributed by atoms with Crippen molar-refractivity contribution in [3.05, 3.63) is 77.9 Å². The number of methoxy groups -OCH3 is 2. The molecule has 3 aromatic rings. The number of carboxylic acid groups (broad SMARTS) is 1. The average molecular weight is 581 g/mol. The maximum Gasteiger partial charge on any atom is 1.00 e. The van der Waals surface area contributed by atoms with Crippen molar-refractivity contribution in [3.63, 3.8) is 0 Å². The Bertz CT molecular complexity index is 1410. The van der Waals surface area contributed by atoms with Crippen LogP contribution in [0.4, 0.5) is 0 Å². The summed E-state index contributed by atoms with van der Waals surface area (Å²) in [5, 5.41) is 12.1. The molecule has 3 N–H and O–H groups in total. The van der Waals surface area contributed by atoms with Crippen LogP contribution in [0.2, 0.25) is 0 Å². The van der Waals surface area contributed by atoms with Gasteiger partial charge in [0, 0.05) is 12.1 Å². The standard InChI is InChI=1S/C28H32N2O7S2.Li.H/c1-36-25-12-9-19(17-26(25)37-2)13-15-29-39(34,35)21-10-11-22(23(18-21)20-7-5-4-6-8-20)27(31)30-24(28(32)33)14-16-38-3;;/h4-12,17-18,24,29H,13-16H2,1-3H3,(H,30,31)(H,32,33);;/q;+1;-1. The largest absolute Gasteiger partial charge is 1.00 e. The van der Waals surface area contributed by atoms with Crippen molar-refractivity contribution in [2.24, 2.45) is 0 Å². The number of amides is 1. The first-order chi connectivity index (χ1) is 18.7. The molecule has 0 saturated carbocycles. The maximum atomic E-state index is 13.2. The molecule has 3 aromatic carbocycles. The normalized spacial score (nSPS) is 11.7. The van der Waals surface area contributed by atoms with Gasteiger partial charge in [0.15, 0.2) is 11.5 Å². The molecule has 0 spiro atoms. The summed E-state index contributed by atoms with van der Waals surface area (Å²) >= 11 is 1.48. The number of ether oxygens (including phenoxy) is 2. The van der Waals surface area contributed by atoms with Crippen molar-refractivity contribution >= 4 is 33.7 Å². The third kappa shape index (κ3) is 8.78. The number of hydrogen-bond donors (Lipinski definition) is 3. The molecule has 0 bridgehead atoms. The van der Waals surface area contributed by atoms with Crippen molar-refractivity contribution in [2.75, 3.05) is 32.8 Å². The van der Waals surface area contributed by atoms with E-state index in [9.17, 15) is 23.1 Å². The molecular weight excluding hydrogens is 547 g/mol. The van der Waals surface area contributed by atoms with Gasteiger partial charge in [-0.05, 0) is 71.9 Å².